The highest BCUT2D eigenvalue weighted by atomic mass is 19.4. The largest absolute Gasteiger partial charge is 0.416 e. The van der Waals surface area contributed by atoms with Gasteiger partial charge in [0.2, 0.25) is 0 Å². The number of benzene rings is 3. The zero-order valence-corrected chi connectivity index (χ0v) is 18.9. The van der Waals surface area contributed by atoms with Crippen molar-refractivity contribution < 1.29 is 18.0 Å². The van der Waals surface area contributed by atoms with Gasteiger partial charge in [0.05, 0.1) is 16.9 Å². The van der Waals surface area contributed by atoms with Crippen LogP contribution in [-0.2, 0) is 12.7 Å². The molecule has 3 N–H and O–H groups in total. The Balaban J connectivity index is 1.35. The minimum atomic E-state index is -4.38. The molecule has 1 saturated heterocycles. The van der Waals surface area contributed by atoms with Crippen LogP contribution >= 0.6 is 0 Å². The van der Waals surface area contributed by atoms with Crippen LogP contribution in [0.1, 0.15) is 27.0 Å². The van der Waals surface area contributed by atoms with Gasteiger partial charge < -0.3 is 20.9 Å². The summed E-state index contributed by atoms with van der Waals surface area (Å²) >= 11 is 0. The third-order valence-corrected chi connectivity index (χ3v) is 6.10. The van der Waals surface area contributed by atoms with Crippen molar-refractivity contribution in [3.05, 3.63) is 89.0 Å². The van der Waals surface area contributed by atoms with Crippen molar-refractivity contribution in [1.82, 2.24) is 5.32 Å². The Kier molecular flexibility index (Phi) is 6.68. The molecule has 5 nitrogen and oxygen atoms in total. The molecule has 3 aromatic rings. The number of hydrogen-bond acceptors (Lipinski definition) is 4. The number of aryl methyl sites for hydroxylation is 1. The summed E-state index contributed by atoms with van der Waals surface area (Å²) < 4.78 is 38.1. The van der Waals surface area contributed by atoms with E-state index in [4.69, 9.17) is 5.73 Å². The van der Waals surface area contributed by atoms with Gasteiger partial charge in [0.15, 0.2) is 0 Å². The summed E-state index contributed by atoms with van der Waals surface area (Å²) in [7, 11) is 0. The van der Waals surface area contributed by atoms with E-state index in [-0.39, 0.29) is 12.5 Å². The van der Waals surface area contributed by atoms with Crippen LogP contribution < -0.4 is 20.9 Å². The third-order valence-electron chi connectivity index (χ3n) is 6.10. The number of nitrogens with two attached hydrogens (primary N) is 1. The molecule has 34 heavy (non-hydrogen) atoms. The minimum Gasteiger partial charge on any atom is -0.397 e. The molecule has 178 valence electrons. The molecule has 0 unspecified atom stereocenters. The van der Waals surface area contributed by atoms with Gasteiger partial charge in [-0.25, -0.2) is 0 Å². The van der Waals surface area contributed by atoms with Crippen molar-refractivity contribution in [1.29, 1.82) is 0 Å². The monoisotopic (exact) mass is 468 g/mol. The smallest absolute Gasteiger partial charge is 0.397 e. The Morgan fingerprint density at radius 2 is 1.53 bits per heavy atom. The summed E-state index contributed by atoms with van der Waals surface area (Å²) in [6, 6.07) is 18.3. The molecule has 0 aromatic heterocycles. The van der Waals surface area contributed by atoms with E-state index in [0.717, 1.165) is 44.0 Å². The molecule has 3 aromatic carbocycles. The van der Waals surface area contributed by atoms with Crippen LogP contribution in [0.5, 0.6) is 0 Å². The van der Waals surface area contributed by atoms with E-state index in [1.807, 2.05) is 18.2 Å². The number of nitrogen functional groups attached to an aromatic ring is 1. The van der Waals surface area contributed by atoms with E-state index in [1.165, 1.54) is 23.4 Å². The fourth-order valence-corrected chi connectivity index (χ4v) is 4.19. The van der Waals surface area contributed by atoms with Gasteiger partial charge in [-0.05, 0) is 54.4 Å². The first-order valence-corrected chi connectivity index (χ1v) is 11.1. The maximum absolute atomic E-state index is 12.7. The molecule has 1 amide bonds. The van der Waals surface area contributed by atoms with E-state index < -0.39 is 11.7 Å². The van der Waals surface area contributed by atoms with E-state index in [0.29, 0.717) is 16.8 Å². The summed E-state index contributed by atoms with van der Waals surface area (Å²) in [5.74, 6) is -0.331. The number of halogens is 3. The number of amides is 1. The highest BCUT2D eigenvalue weighted by Gasteiger charge is 2.30. The second-order valence-corrected chi connectivity index (χ2v) is 8.41. The molecule has 0 aliphatic carbocycles. The maximum atomic E-state index is 12.7. The molecule has 1 aliphatic rings. The van der Waals surface area contributed by atoms with Crippen molar-refractivity contribution >= 4 is 23.0 Å². The van der Waals surface area contributed by atoms with Crippen LogP contribution in [0, 0.1) is 6.92 Å². The second kappa shape index (κ2) is 9.67. The number of nitrogens with zero attached hydrogens (tertiary/aromatic N) is 2. The van der Waals surface area contributed by atoms with Crippen molar-refractivity contribution in [2.24, 2.45) is 0 Å². The minimum absolute atomic E-state index is 0.124. The van der Waals surface area contributed by atoms with Crippen molar-refractivity contribution in [3.63, 3.8) is 0 Å². The van der Waals surface area contributed by atoms with Gasteiger partial charge in [0, 0.05) is 44.0 Å². The highest BCUT2D eigenvalue weighted by Crippen LogP contribution is 2.30. The quantitative estimate of drug-likeness (QED) is 0.526. The number of nitrogens with one attached hydrogen (secondary N) is 1. The zero-order chi connectivity index (χ0) is 24.3. The topological polar surface area (TPSA) is 61.6 Å². The molecule has 1 heterocycles. The first-order chi connectivity index (χ1) is 16.2. The average molecular weight is 469 g/mol. The number of rotatable bonds is 5. The lowest BCUT2D eigenvalue weighted by atomic mass is 10.1. The molecule has 4 rings (SSSR count). The zero-order valence-electron chi connectivity index (χ0n) is 18.9. The van der Waals surface area contributed by atoms with E-state index in [1.54, 1.807) is 12.1 Å². The van der Waals surface area contributed by atoms with Crippen LogP contribution in [-0.4, -0.2) is 32.1 Å². The summed E-state index contributed by atoms with van der Waals surface area (Å²) in [4.78, 5) is 17.1. The van der Waals surface area contributed by atoms with Gasteiger partial charge in [0.1, 0.15) is 0 Å². The van der Waals surface area contributed by atoms with E-state index >= 15 is 0 Å². The predicted molar refractivity (Wildman–Crippen MR) is 129 cm³/mol. The van der Waals surface area contributed by atoms with Crippen LogP contribution in [0.3, 0.4) is 0 Å². The molecule has 0 atom stereocenters. The normalized spacial score (nSPS) is 14.2. The molecule has 0 bridgehead atoms. The maximum Gasteiger partial charge on any atom is 0.416 e. The van der Waals surface area contributed by atoms with Crippen LogP contribution in [0.2, 0.25) is 0 Å². The molecule has 0 spiro atoms. The molecular formula is C26H27F3N4O. The lowest BCUT2D eigenvalue weighted by molar-refractivity contribution is -0.137. The molecule has 1 aliphatic heterocycles. The molecule has 1 fully saturated rings. The van der Waals surface area contributed by atoms with Gasteiger partial charge in [-0.3, -0.25) is 4.79 Å². The van der Waals surface area contributed by atoms with Crippen molar-refractivity contribution in [3.8, 4) is 0 Å². The molecular weight excluding hydrogens is 441 g/mol. The van der Waals surface area contributed by atoms with E-state index in [2.05, 4.69) is 34.2 Å². The number of para-hydroxylation sites is 1. The molecule has 8 heteroatoms. The number of piperazine rings is 1. The van der Waals surface area contributed by atoms with Gasteiger partial charge in [-0.2, -0.15) is 13.2 Å². The lowest BCUT2D eigenvalue weighted by Crippen LogP contribution is -2.47. The van der Waals surface area contributed by atoms with Crippen LogP contribution in [0.15, 0.2) is 66.7 Å². The van der Waals surface area contributed by atoms with Gasteiger partial charge in [-0.15, -0.1) is 0 Å². The number of carbonyl (C=O) groups is 1. The second-order valence-electron chi connectivity index (χ2n) is 8.41. The number of hydrogen-bond donors (Lipinski definition) is 2. The van der Waals surface area contributed by atoms with Gasteiger partial charge in [-0.1, -0.05) is 30.3 Å². The van der Waals surface area contributed by atoms with Gasteiger partial charge >= 0.3 is 6.18 Å². The van der Waals surface area contributed by atoms with Crippen LogP contribution in [0.25, 0.3) is 0 Å². The van der Waals surface area contributed by atoms with Crippen LogP contribution in [0.4, 0.5) is 30.2 Å². The Morgan fingerprint density at radius 3 is 2.12 bits per heavy atom. The highest BCUT2D eigenvalue weighted by molar-refractivity contribution is 5.96. The summed E-state index contributed by atoms with van der Waals surface area (Å²) in [6.45, 7) is 5.62. The Hall–Kier alpha value is -3.68. The van der Waals surface area contributed by atoms with Crippen molar-refractivity contribution in [2.75, 3.05) is 41.7 Å². The number of anilines is 3. The lowest BCUT2D eigenvalue weighted by Gasteiger charge is -2.38. The fraction of sp³-hybridized carbons (Fsp3) is 0.269. The first-order valence-electron chi connectivity index (χ1n) is 11.1. The number of alkyl halides is 3. The summed E-state index contributed by atoms with van der Waals surface area (Å²) in [5, 5.41) is 2.73. The SMILES string of the molecule is Cc1ccccc1N1CCN(c2ccc(C(=O)NCc3ccc(C(F)(F)F)cc3)cc2N)CC1. The Labute approximate surface area is 197 Å². The fourth-order valence-electron chi connectivity index (χ4n) is 4.19. The average Bonchev–Trinajstić information content (AvgIpc) is 2.83. The molecule has 0 radical (unpaired) electrons. The standard InChI is InChI=1S/C26H27F3N4O/c1-18-4-2-3-5-23(18)32-12-14-33(15-13-32)24-11-8-20(16-22(24)30)25(34)31-17-19-6-9-21(10-7-19)26(27,28)29/h2-11,16H,12-15,17,30H2,1H3,(H,31,34). The predicted octanol–water partition coefficient (Wildman–Crippen LogP) is 4.85. The van der Waals surface area contributed by atoms with E-state index in [9.17, 15) is 18.0 Å². The first kappa shape index (κ1) is 23.5. The number of carbonyl (C=O) groups excluding carboxylic acids is 1. The third kappa shape index (κ3) is 5.27. The summed E-state index contributed by atoms with van der Waals surface area (Å²) in [6.07, 6.45) is -4.38. The van der Waals surface area contributed by atoms with Crippen molar-refractivity contribution in [2.45, 2.75) is 19.6 Å². The van der Waals surface area contributed by atoms with Gasteiger partial charge in [0.25, 0.3) is 5.91 Å². The Bertz CT molecular complexity index is 1150. The molecule has 0 saturated carbocycles. The summed E-state index contributed by atoms with van der Waals surface area (Å²) in [5.41, 5.74) is 10.5. The Morgan fingerprint density at radius 1 is 0.912 bits per heavy atom.